The van der Waals surface area contributed by atoms with Gasteiger partial charge in [-0.1, -0.05) is 0 Å². The molecule has 9 heteroatoms. The first-order valence-electron chi connectivity index (χ1n) is 8.20. The van der Waals surface area contributed by atoms with Crippen molar-refractivity contribution in [3.8, 4) is 0 Å². The van der Waals surface area contributed by atoms with Crippen molar-refractivity contribution < 1.29 is 4.79 Å². The Morgan fingerprint density at radius 3 is 2.38 bits per heavy atom. The molecule has 3 aromatic heterocycles. The van der Waals surface area contributed by atoms with Crippen LogP contribution in [0, 0.1) is 13.8 Å². The molecule has 0 atom stereocenters. The van der Waals surface area contributed by atoms with Gasteiger partial charge in [-0.15, -0.1) is 0 Å². The Morgan fingerprint density at radius 2 is 1.81 bits per heavy atom. The number of imidazole rings is 1. The first-order valence-corrected chi connectivity index (χ1v) is 9.00. The molecule has 3 rings (SSSR count). The largest absolute Gasteiger partial charge is 0.349 e. The number of ketones is 1. The van der Waals surface area contributed by atoms with Crippen molar-refractivity contribution >= 4 is 32.9 Å². The van der Waals surface area contributed by atoms with Gasteiger partial charge in [-0.25, -0.2) is 9.78 Å². The molecule has 0 saturated carbocycles. The number of rotatable bonds is 4. The molecule has 0 N–H and O–H groups in total. The number of nitrogens with zero attached hydrogens (tertiary/aromatic N) is 5. The lowest BCUT2D eigenvalue weighted by Gasteiger charge is -2.09. The summed E-state index contributed by atoms with van der Waals surface area (Å²) in [5, 5.41) is 0. The summed E-state index contributed by atoms with van der Waals surface area (Å²) in [6, 6.07) is 1.87. The molecular formula is C17H20BrN5O3. The van der Waals surface area contributed by atoms with Crippen LogP contribution < -0.4 is 11.2 Å². The summed E-state index contributed by atoms with van der Waals surface area (Å²) in [5.41, 5.74) is 2.07. The second-order valence-electron chi connectivity index (χ2n) is 6.30. The van der Waals surface area contributed by atoms with E-state index >= 15 is 0 Å². The van der Waals surface area contributed by atoms with Gasteiger partial charge in [0.1, 0.15) is 0 Å². The highest BCUT2D eigenvalue weighted by atomic mass is 79.9. The standard InChI is InChI=1S/C17H20BrN5O3/c1-6-22-9(2)7-11(10(22)3)12(24)8-23-14-13(19-16(23)18)15(25)21(5)17(26)20(14)4/h7H,6,8H2,1-5H3. The molecule has 0 radical (unpaired) electrons. The third kappa shape index (κ3) is 2.57. The molecule has 0 aliphatic carbocycles. The predicted molar refractivity (Wildman–Crippen MR) is 102 cm³/mol. The van der Waals surface area contributed by atoms with Crippen LogP contribution in [-0.4, -0.2) is 29.0 Å². The number of hydrogen-bond acceptors (Lipinski definition) is 4. The Balaban J connectivity index is 2.16. The number of halogens is 1. The third-order valence-electron chi connectivity index (χ3n) is 4.79. The number of aryl methyl sites for hydroxylation is 2. The van der Waals surface area contributed by atoms with Crippen LogP contribution in [-0.2, 0) is 27.2 Å². The van der Waals surface area contributed by atoms with E-state index in [1.165, 1.54) is 11.6 Å². The number of fused-ring (bicyclic) bond motifs is 1. The monoisotopic (exact) mass is 421 g/mol. The maximum absolute atomic E-state index is 12.9. The van der Waals surface area contributed by atoms with E-state index in [2.05, 4.69) is 25.5 Å². The zero-order valence-corrected chi connectivity index (χ0v) is 16.9. The van der Waals surface area contributed by atoms with Crippen molar-refractivity contribution in [2.75, 3.05) is 0 Å². The molecule has 0 aliphatic heterocycles. The van der Waals surface area contributed by atoms with E-state index in [9.17, 15) is 14.4 Å². The fourth-order valence-electron chi connectivity index (χ4n) is 3.40. The molecule has 8 nitrogen and oxygen atoms in total. The van der Waals surface area contributed by atoms with Gasteiger partial charge in [0, 0.05) is 37.6 Å². The predicted octanol–water partition coefficient (Wildman–Crippen LogP) is 1.52. The van der Waals surface area contributed by atoms with Crippen molar-refractivity contribution in [2.24, 2.45) is 14.1 Å². The Morgan fingerprint density at radius 1 is 1.15 bits per heavy atom. The molecule has 0 spiro atoms. The maximum Gasteiger partial charge on any atom is 0.332 e. The van der Waals surface area contributed by atoms with E-state index in [1.807, 2.05) is 26.8 Å². The zero-order valence-electron chi connectivity index (χ0n) is 15.3. The van der Waals surface area contributed by atoms with E-state index in [0.29, 0.717) is 15.9 Å². The molecular weight excluding hydrogens is 402 g/mol. The summed E-state index contributed by atoms with van der Waals surface area (Å²) in [5.74, 6) is -0.106. The smallest absolute Gasteiger partial charge is 0.332 e. The Kier molecular flexibility index (Phi) is 4.51. The number of aromatic nitrogens is 5. The summed E-state index contributed by atoms with van der Waals surface area (Å²) < 4.78 is 6.29. The van der Waals surface area contributed by atoms with E-state index in [4.69, 9.17) is 0 Å². The average molecular weight is 422 g/mol. The van der Waals surface area contributed by atoms with Gasteiger partial charge >= 0.3 is 5.69 Å². The quantitative estimate of drug-likeness (QED) is 0.472. The number of Topliss-reactive ketones (excluding diaryl/α,β-unsaturated/α-hetero) is 1. The van der Waals surface area contributed by atoms with E-state index in [1.54, 1.807) is 11.6 Å². The molecule has 0 aliphatic rings. The van der Waals surface area contributed by atoms with E-state index < -0.39 is 11.2 Å². The molecule has 0 amide bonds. The lowest BCUT2D eigenvalue weighted by atomic mass is 10.1. The second kappa shape index (κ2) is 6.39. The summed E-state index contributed by atoms with van der Waals surface area (Å²) in [4.78, 5) is 41.7. The lowest BCUT2D eigenvalue weighted by Crippen LogP contribution is -2.37. The van der Waals surface area contributed by atoms with Crippen molar-refractivity contribution in [3.05, 3.63) is 48.6 Å². The van der Waals surface area contributed by atoms with Crippen molar-refractivity contribution in [3.63, 3.8) is 0 Å². The molecule has 3 aromatic rings. The van der Waals surface area contributed by atoms with E-state index in [-0.39, 0.29) is 17.8 Å². The van der Waals surface area contributed by atoms with Gasteiger partial charge < -0.3 is 4.57 Å². The first kappa shape index (κ1) is 18.4. The van der Waals surface area contributed by atoms with Gasteiger partial charge in [0.05, 0.1) is 6.54 Å². The van der Waals surface area contributed by atoms with Crippen LogP contribution >= 0.6 is 15.9 Å². The first-order chi connectivity index (χ1) is 12.2. The SMILES string of the molecule is CCn1c(C)cc(C(=O)Cn2c(Br)nc3c(=O)n(C)c(=O)n(C)c32)c1C. The van der Waals surface area contributed by atoms with Crippen molar-refractivity contribution in [2.45, 2.75) is 33.9 Å². The van der Waals surface area contributed by atoms with Gasteiger partial charge in [-0.05, 0) is 42.8 Å². The molecule has 0 unspecified atom stereocenters. The summed E-state index contributed by atoms with van der Waals surface area (Å²) >= 11 is 3.31. The minimum Gasteiger partial charge on any atom is -0.349 e. The molecule has 3 heterocycles. The number of carbonyl (C=O) groups excluding carboxylic acids is 1. The van der Waals surface area contributed by atoms with E-state index in [0.717, 1.165) is 22.5 Å². The van der Waals surface area contributed by atoms with Crippen LogP contribution in [0.5, 0.6) is 0 Å². The fourth-order valence-corrected chi connectivity index (χ4v) is 3.87. The Bertz CT molecular complexity index is 1160. The van der Waals surface area contributed by atoms with Crippen molar-refractivity contribution in [1.82, 2.24) is 23.3 Å². The van der Waals surface area contributed by atoms with Gasteiger partial charge in [0.25, 0.3) is 5.56 Å². The minimum atomic E-state index is -0.487. The highest BCUT2D eigenvalue weighted by molar-refractivity contribution is 9.10. The summed E-state index contributed by atoms with van der Waals surface area (Å²) in [6.07, 6.45) is 0. The highest BCUT2D eigenvalue weighted by Crippen LogP contribution is 2.20. The van der Waals surface area contributed by atoms with Crippen LogP contribution in [0.3, 0.4) is 0 Å². The lowest BCUT2D eigenvalue weighted by molar-refractivity contribution is 0.0971. The van der Waals surface area contributed by atoms with Crippen LogP contribution in [0.2, 0.25) is 0 Å². The van der Waals surface area contributed by atoms with Crippen molar-refractivity contribution in [1.29, 1.82) is 0 Å². The number of carbonyl (C=O) groups is 1. The molecule has 26 heavy (non-hydrogen) atoms. The van der Waals surface area contributed by atoms with Gasteiger partial charge in [0.2, 0.25) is 0 Å². The molecule has 138 valence electrons. The Labute approximate surface area is 157 Å². The van der Waals surface area contributed by atoms with Crippen LogP contribution in [0.25, 0.3) is 11.2 Å². The second-order valence-corrected chi connectivity index (χ2v) is 7.01. The van der Waals surface area contributed by atoms with Gasteiger partial charge in [0.15, 0.2) is 21.7 Å². The molecule has 0 bridgehead atoms. The summed E-state index contributed by atoms with van der Waals surface area (Å²) in [7, 11) is 2.96. The van der Waals surface area contributed by atoms with Gasteiger partial charge in [-0.3, -0.25) is 23.3 Å². The van der Waals surface area contributed by atoms with Gasteiger partial charge in [-0.2, -0.15) is 0 Å². The maximum atomic E-state index is 12.9. The molecule has 0 fully saturated rings. The number of hydrogen-bond donors (Lipinski definition) is 0. The normalized spacial score (nSPS) is 11.5. The zero-order chi connectivity index (χ0) is 19.3. The minimum absolute atomic E-state index is 0.0223. The fraction of sp³-hybridized carbons (Fsp3) is 0.412. The Hall–Kier alpha value is -2.42. The molecule has 0 saturated heterocycles. The topological polar surface area (TPSA) is 83.8 Å². The third-order valence-corrected chi connectivity index (χ3v) is 5.39. The van der Waals surface area contributed by atoms with Crippen LogP contribution in [0.15, 0.2) is 20.4 Å². The summed E-state index contributed by atoms with van der Waals surface area (Å²) in [6.45, 7) is 6.66. The molecule has 0 aromatic carbocycles. The highest BCUT2D eigenvalue weighted by Gasteiger charge is 2.21. The van der Waals surface area contributed by atoms with Crippen LogP contribution in [0.1, 0.15) is 28.7 Å². The average Bonchev–Trinajstić information content (AvgIpc) is 3.07. The van der Waals surface area contributed by atoms with Crippen LogP contribution in [0.4, 0.5) is 0 Å².